The van der Waals surface area contributed by atoms with E-state index in [1.807, 2.05) is 23.6 Å². The summed E-state index contributed by atoms with van der Waals surface area (Å²) in [5, 5.41) is 15.9. The Morgan fingerprint density at radius 1 is 1.21 bits per heavy atom. The van der Waals surface area contributed by atoms with Crippen molar-refractivity contribution in [3.05, 3.63) is 58.4 Å². The van der Waals surface area contributed by atoms with Gasteiger partial charge in [-0.15, -0.1) is 0 Å². The van der Waals surface area contributed by atoms with E-state index in [0.29, 0.717) is 0 Å². The third-order valence-electron chi connectivity index (χ3n) is 6.70. The second-order valence-electron chi connectivity index (χ2n) is 8.46. The smallest absolute Gasteiger partial charge is 0.157 e. The molecule has 1 spiro atoms. The van der Waals surface area contributed by atoms with Crippen molar-refractivity contribution < 1.29 is 5.11 Å². The number of aryl methyl sites for hydroxylation is 1. The minimum atomic E-state index is -0.158. The number of aliphatic hydroxyl groups excluding tert-OH is 1. The third kappa shape index (κ3) is 2.80. The van der Waals surface area contributed by atoms with E-state index >= 15 is 0 Å². The maximum Gasteiger partial charge on any atom is 0.157 e. The normalized spacial score (nSPS) is 25.4. The van der Waals surface area contributed by atoms with Gasteiger partial charge in [0.2, 0.25) is 0 Å². The van der Waals surface area contributed by atoms with Gasteiger partial charge in [0.05, 0.1) is 11.8 Å². The van der Waals surface area contributed by atoms with Crippen LogP contribution in [-0.4, -0.2) is 38.9 Å². The highest BCUT2D eigenvalue weighted by Gasteiger charge is 2.50. The number of rotatable bonds is 3. The molecular formula is C22H25ClN4O. The van der Waals surface area contributed by atoms with Crippen LogP contribution in [0.3, 0.4) is 0 Å². The Balaban J connectivity index is 1.51. The van der Waals surface area contributed by atoms with Gasteiger partial charge in [-0.2, -0.15) is 9.61 Å². The summed E-state index contributed by atoms with van der Waals surface area (Å²) < 4.78 is 1.97. The largest absolute Gasteiger partial charge is 0.392 e. The average Bonchev–Trinajstić information content (AvgIpc) is 3.32. The van der Waals surface area contributed by atoms with Crippen LogP contribution in [0.2, 0.25) is 5.02 Å². The Morgan fingerprint density at radius 3 is 2.64 bits per heavy atom. The van der Waals surface area contributed by atoms with Crippen molar-refractivity contribution in [3.63, 3.8) is 0 Å². The molecule has 0 bridgehead atoms. The van der Waals surface area contributed by atoms with E-state index in [2.05, 4.69) is 36.1 Å². The number of nitrogens with zero attached hydrogens (tertiary/aromatic N) is 4. The van der Waals surface area contributed by atoms with Crippen molar-refractivity contribution in [1.29, 1.82) is 0 Å². The molecule has 5 rings (SSSR count). The van der Waals surface area contributed by atoms with Crippen LogP contribution in [0.15, 0.2) is 36.4 Å². The first-order chi connectivity index (χ1) is 13.4. The fourth-order valence-electron chi connectivity index (χ4n) is 4.71. The highest BCUT2D eigenvalue weighted by Crippen LogP contribution is 2.49. The van der Waals surface area contributed by atoms with E-state index in [0.717, 1.165) is 60.2 Å². The first-order valence-corrected chi connectivity index (χ1v) is 10.4. The van der Waals surface area contributed by atoms with E-state index in [1.165, 1.54) is 5.56 Å². The number of anilines is 1. The predicted octanol–water partition coefficient (Wildman–Crippen LogP) is 4.19. The van der Waals surface area contributed by atoms with E-state index in [-0.39, 0.29) is 17.4 Å². The summed E-state index contributed by atoms with van der Waals surface area (Å²) in [4.78, 5) is 7.08. The Morgan fingerprint density at radius 2 is 2.00 bits per heavy atom. The lowest BCUT2D eigenvalue weighted by atomic mass is 9.66. The van der Waals surface area contributed by atoms with Gasteiger partial charge in [0.15, 0.2) is 5.65 Å². The second-order valence-corrected chi connectivity index (χ2v) is 8.89. The van der Waals surface area contributed by atoms with E-state index in [9.17, 15) is 5.11 Å². The number of hydrogen-bond acceptors (Lipinski definition) is 4. The molecule has 1 aromatic carbocycles. The molecule has 1 N–H and O–H groups in total. The van der Waals surface area contributed by atoms with Gasteiger partial charge in [-0.3, -0.25) is 0 Å². The van der Waals surface area contributed by atoms with Crippen molar-refractivity contribution in [3.8, 4) is 0 Å². The van der Waals surface area contributed by atoms with Gasteiger partial charge in [0.25, 0.3) is 0 Å². The molecule has 0 amide bonds. The van der Waals surface area contributed by atoms with Gasteiger partial charge in [0.1, 0.15) is 5.82 Å². The summed E-state index contributed by atoms with van der Waals surface area (Å²) in [7, 11) is 0. The van der Waals surface area contributed by atoms with Crippen LogP contribution in [0.25, 0.3) is 5.65 Å². The number of aromatic nitrogens is 3. The lowest BCUT2D eigenvalue weighted by Crippen LogP contribution is -2.46. The van der Waals surface area contributed by atoms with Gasteiger partial charge < -0.3 is 10.0 Å². The van der Waals surface area contributed by atoms with Gasteiger partial charge >= 0.3 is 0 Å². The van der Waals surface area contributed by atoms with E-state index < -0.39 is 0 Å². The molecule has 3 aromatic rings. The van der Waals surface area contributed by atoms with Crippen LogP contribution in [0, 0.1) is 12.3 Å². The molecule has 1 aliphatic carbocycles. The number of benzene rings is 1. The molecular weight excluding hydrogens is 372 g/mol. The number of fused-ring (bicyclic) bond motifs is 1. The van der Waals surface area contributed by atoms with Crippen molar-refractivity contribution >= 4 is 23.1 Å². The van der Waals surface area contributed by atoms with Gasteiger partial charge in [0, 0.05) is 47.3 Å². The molecule has 1 aliphatic heterocycles. The summed E-state index contributed by atoms with van der Waals surface area (Å²) in [6.07, 6.45) is 2.94. The van der Waals surface area contributed by atoms with E-state index in [4.69, 9.17) is 21.7 Å². The molecule has 2 fully saturated rings. The molecule has 1 saturated carbocycles. The summed E-state index contributed by atoms with van der Waals surface area (Å²) in [5.74, 6) is 1.23. The number of halogens is 1. The second kappa shape index (κ2) is 6.46. The first kappa shape index (κ1) is 18.0. The zero-order valence-corrected chi connectivity index (χ0v) is 17.0. The Hall–Kier alpha value is -2.11. The fourth-order valence-corrected chi connectivity index (χ4v) is 4.83. The van der Waals surface area contributed by atoms with E-state index in [1.54, 1.807) is 0 Å². The van der Waals surface area contributed by atoms with Gasteiger partial charge in [-0.25, -0.2) is 4.98 Å². The first-order valence-electron chi connectivity index (χ1n) is 10.0. The summed E-state index contributed by atoms with van der Waals surface area (Å²) in [6.45, 7) is 6.04. The zero-order valence-electron chi connectivity index (χ0n) is 16.3. The van der Waals surface area contributed by atoms with Crippen LogP contribution in [-0.2, 0) is 0 Å². The molecule has 3 unspecified atom stereocenters. The molecule has 6 heteroatoms. The molecule has 2 aliphatic rings. The SMILES string of the molecule is Cc1cc(N2CCC3(CCC3O)C2)n2nc(C(C)c3ccc(Cl)cc3)cc2n1. The third-order valence-corrected chi connectivity index (χ3v) is 6.95. The van der Waals surface area contributed by atoms with Crippen molar-refractivity contribution in [2.24, 2.45) is 5.41 Å². The predicted molar refractivity (Wildman–Crippen MR) is 111 cm³/mol. The minimum absolute atomic E-state index is 0.0794. The number of hydrogen-bond donors (Lipinski definition) is 1. The Kier molecular flexibility index (Phi) is 4.14. The minimum Gasteiger partial charge on any atom is -0.392 e. The average molecular weight is 397 g/mol. The molecule has 3 atom stereocenters. The van der Waals surface area contributed by atoms with Crippen LogP contribution in [0.5, 0.6) is 0 Å². The van der Waals surface area contributed by atoms with Crippen LogP contribution < -0.4 is 4.90 Å². The van der Waals surface area contributed by atoms with Gasteiger partial charge in [-0.1, -0.05) is 30.7 Å². The van der Waals surface area contributed by atoms with Crippen molar-refractivity contribution in [1.82, 2.24) is 14.6 Å². The van der Waals surface area contributed by atoms with Crippen molar-refractivity contribution in [2.45, 2.75) is 45.1 Å². The maximum absolute atomic E-state index is 10.3. The van der Waals surface area contributed by atoms with Gasteiger partial charge in [-0.05, 0) is 43.9 Å². The van der Waals surface area contributed by atoms with Crippen LogP contribution in [0.4, 0.5) is 5.82 Å². The zero-order chi connectivity index (χ0) is 19.5. The lowest BCUT2D eigenvalue weighted by molar-refractivity contribution is -0.0491. The molecule has 1 saturated heterocycles. The lowest BCUT2D eigenvalue weighted by Gasteiger charge is -2.43. The van der Waals surface area contributed by atoms with Crippen LogP contribution in [0.1, 0.15) is 49.1 Å². The maximum atomic E-state index is 10.3. The van der Waals surface area contributed by atoms with Crippen molar-refractivity contribution in [2.75, 3.05) is 18.0 Å². The topological polar surface area (TPSA) is 53.7 Å². The number of aliphatic hydroxyl groups is 1. The van der Waals surface area contributed by atoms with Crippen LogP contribution >= 0.6 is 11.6 Å². The molecule has 5 nitrogen and oxygen atoms in total. The highest BCUT2D eigenvalue weighted by atomic mass is 35.5. The Bertz CT molecular complexity index is 1030. The monoisotopic (exact) mass is 396 g/mol. The highest BCUT2D eigenvalue weighted by molar-refractivity contribution is 6.30. The molecule has 2 aromatic heterocycles. The quantitative estimate of drug-likeness (QED) is 0.721. The molecule has 146 valence electrons. The summed E-state index contributed by atoms with van der Waals surface area (Å²) in [5.41, 5.74) is 4.13. The molecule has 0 radical (unpaired) electrons. The fraction of sp³-hybridized carbons (Fsp3) is 0.455. The summed E-state index contributed by atoms with van der Waals surface area (Å²) in [6, 6.07) is 12.1. The molecule has 28 heavy (non-hydrogen) atoms. The standard InChI is InChI=1S/C22H25ClN4O/c1-14-11-21(26-10-9-22(13-26)8-7-19(22)28)27-20(24-14)12-18(25-27)15(2)16-3-5-17(23)6-4-16/h3-6,11-12,15,19,28H,7-10,13H2,1-2H3. The Labute approximate surface area is 170 Å². The summed E-state index contributed by atoms with van der Waals surface area (Å²) >= 11 is 6.03. The molecule has 3 heterocycles.